The van der Waals surface area contributed by atoms with Crippen LogP contribution in [0, 0.1) is 17.8 Å². The molecule has 2 aromatic rings. The predicted molar refractivity (Wildman–Crippen MR) is 106 cm³/mol. The third-order valence-corrected chi connectivity index (χ3v) is 5.46. The van der Waals surface area contributed by atoms with Crippen LogP contribution in [0.4, 0.5) is 5.82 Å². The maximum Gasteiger partial charge on any atom is 0.246 e. The number of nitrogens with zero attached hydrogens (tertiary/aromatic N) is 3. The molecule has 4 rings (SSSR count). The van der Waals surface area contributed by atoms with E-state index in [-0.39, 0.29) is 11.9 Å². The van der Waals surface area contributed by atoms with Crippen molar-refractivity contribution in [2.24, 2.45) is 5.92 Å². The Balaban J connectivity index is 1.49. The van der Waals surface area contributed by atoms with E-state index in [0.29, 0.717) is 12.5 Å². The molecule has 2 N–H and O–H groups in total. The van der Waals surface area contributed by atoms with E-state index < -0.39 is 0 Å². The molecule has 1 aliphatic carbocycles. The van der Waals surface area contributed by atoms with Gasteiger partial charge in [-0.05, 0) is 37.3 Å². The van der Waals surface area contributed by atoms with Gasteiger partial charge in [0.15, 0.2) is 0 Å². The molecule has 2 fully saturated rings. The lowest BCUT2D eigenvalue weighted by Gasteiger charge is -2.15. The number of aromatic amines is 1. The molecule has 6 nitrogen and oxygen atoms in total. The van der Waals surface area contributed by atoms with Crippen LogP contribution in [0.5, 0.6) is 0 Å². The van der Waals surface area contributed by atoms with Gasteiger partial charge in [0.2, 0.25) is 5.91 Å². The van der Waals surface area contributed by atoms with Crippen molar-refractivity contribution in [2.45, 2.75) is 44.6 Å². The fourth-order valence-corrected chi connectivity index (χ4v) is 3.95. The first-order valence-corrected chi connectivity index (χ1v) is 9.76. The lowest BCUT2D eigenvalue weighted by atomic mass is 9.90. The Bertz CT molecular complexity index is 900. The molecule has 0 unspecified atom stereocenters. The Kier molecular flexibility index (Phi) is 5.10. The van der Waals surface area contributed by atoms with Crippen molar-refractivity contribution in [3.63, 3.8) is 0 Å². The van der Waals surface area contributed by atoms with Crippen LogP contribution >= 0.6 is 0 Å². The van der Waals surface area contributed by atoms with E-state index in [1.54, 1.807) is 11.2 Å². The first-order valence-electron chi connectivity index (χ1n) is 9.76. The van der Waals surface area contributed by atoms with Gasteiger partial charge >= 0.3 is 0 Å². The lowest BCUT2D eigenvalue weighted by molar-refractivity contribution is -0.125. The van der Waals surface area contributed by atoms with Crippen LogP contribution in [0.3, 0.4) is 0 Å². The molecule has 6 heteroatoms. The Morgan fingerprint density at radius 2 is 2.15 bits per heavy atom. The van der Waals surface area contributed by atoms with Gasteiger partial charge in [-0.2, -0.15) is 0 Å². The zero-order valence-electron chi connectivity index (χ0n) is 15.5. The third-order valence-electron chi connectivity index (χ3n) is 5.46. The summed E-state index contributed by atoms with van der Waals surface area (Å²) in [6, 6.07) is 2.20. The highest BCUT2D eigenvalue weighted by Gasteiger charge is 2.25. The normalized spacial score (nSPS) is 20.3. The monoisotopic (exact) mass is 363 g/mol. The van der Waals surface area contributed by atoms with Crippen LogP contribution in [0.25, 0.3) is 11.0 Å². The number of rotatable bonds is 3. The van der Waals surface area contributed by atoms with Gasteiger partial charge in [0, 0.05) is 25.0 Å². The molecule has 1 saturated heterocycles. The van der Waals surface area contributed by atoms with Crippen molar-refractivity contribution in [3.05, 3.63) is 30.7 Å². The van der Waals surface area contributed by atoms with Crippen molar-refractivity contribution >= 4 is 22.8 Å². The smallest absolute Gasteiger partial charge is 0.246 e. The number of hydrogen-bond acceptors (Lipinski definition) is 4. The maximum absolute atomic E-state index is 11.8. The number of nitrogens with one attached hydrogen (secondary N) is 2. The summed E-state index contributed by atoms with van der Waals surface area (Å²) in [5, 5.41) is 4.41. The second kappa shape index (κ2) is 7.83. The molecule has 0 radical (unpaired) electrons. The highest BCUT2D eigenvalue weighted by atomic mass is 16.2. The SMILES string of the molecule is C=CC(=O)N1CC[C@@H](Nc2ncnc3[nH]c(C#CC4CCCCC4)cc23)C1. The van der Waals surface area contributed by atoms with E-state index in [0.717, 1.165) is 35.5 Å². The molecular weight excluding hydrogens is 338 g/mol. The number of amides is 1. The van der Waals surface area contributed by atoms with Crippen LogP contribution in [-0.4, -0.2) is 44.9 Å². The number of carbonyl (C=O) groups excluding carboxylic acids is 1. The average Bonchev–Trinajstić information content (AvgIpc) is 3.34. The van der Waals surface area contributed by atoms with E-state index in [1.165, 1.54) is 38.2 Å². The molecule has 27 heavy (non-hydrogen) atoms. The average molecular weight is 363 g/mol. The number of aromatic nitrogens is 3. The van der Waals surface area contributed by atoms with Gasteiger partial charge in [0.1, 0.15) is 17.8 Å². The summed E-state index contributed by atoms with van der Waals surface area (Å²) in [7, 11) is 0. The van der Waals surface area contributed by atoms with Crippen molar-refractivity contribution in [2.75, 3.05) is 18.4 Å². The predicted octanol–water partition coefficient (Wildman–Crippen LogP) is 3.09. The highest BCUT2D eigenvalue weighted by molar-refractivity contribution is 5.89. The Morgan fingerprint density at radius 1 is 1.30 bits per heavy atom. The molecule has 0 aromatic carbocycles. The zero-order valence-corrected chi connectivity index (χ0v) is 15.5. The van der Waals surface area contributed by atoms with E-state index in [9.17, 15) is 4.79 Å². The summed E-state index contributed by atoms with van der Waals surface area (Å²) in [5.74, 6) is 7.99. The Hall–Kier alpha value is -2.81. The summed E-state index contributed by atoms with van der Waals surface area (Å²) >= 11 is 0. The lowest BCUT2D eigenvalue weighted by Crippen LogP contribution is -2.30. The number of likely N-dealkylation sites (tertiary alicyclic amines) is 1. The van der Waals surface area contributed by atoms with Gasteiger partial charge in [0.25, 0.3) is 0 Å². The molecule has 2 aliphatic rings. The van der Waals surface area contributed by atoms with E-state index in [1.807, 2.05) is 6.07 Å². The van der Waals surface area contributed by atoms with Crippen LogP contribution in [0.1, 0.15) is 44.2 Å². The van der Waals surface area contributed by atoms with Crippen molar-refractivity contribution in [1.29, 1.82) is 0 Å². The van der Waals surface area contributed by atoms with Gasteiger partial charge in [-0.25, -0.2) is 9.97 Å². The van der Waals surface area contributed by atoms with Crippen LogP contribution in [0.2, 0.25) is 0 Å². The number of fused-ring (bicyclic) bond motifs is 1. The molecule has 0 bridgehead atoms. The Labute approximate surface area is 159 Å². The third kappa shape index (κ3) is 3.97. The van der Waals surface area contributed by atoms with Gasteiger partial charge in [0.05, 0.1) is 11.1 Å². The number of H-pyrrole nitrogens is 1. The second-order valence-corrected chi connectivity index (χ2v) is 7.39. The van der Waals surface area contributed by atoms with E-state index >= 15 is 0 Å². The zero-order chi connectivity index (χ0) is 18.6. The summed E-state index contributed by atoms with van der Waals surface area (Å²) < 4.78 is 0. The van der Waals surface area contributed by atoms with Crippen molar-refractivity contribution < 1.29 is 4.79 Å². The molecule has 1 atom stereocenters. The van der Waals surface area contributed by atoms with Crippen LogP contribution in [-0.2, 0) is 4.79 Å². The van der Waals surface area contributed by atoms with E-state index in [4.69, 9.17) is 0 Å². The van der Waals surface area contributed by atoms with Crippen molar-refractivity contribution in [3.8, 4) is 11.8 Å². The molecule has 1 saturated carbocycles. The van der Waals surface area contributed by atoms with Crippen molar-refractivity contribution in [1.82, 2.24) is 19.9 Å². The van der Waals surface area contributed by atoms with Gasteiger partial charge in [-0.1, -0.05) is 31.8 Å². The summed E-state index contributed by atoms with van der Waals surface area (Å²) in [5.41, 5.74) is 1.67. The van der Waals surface area contributed by atoms with Gasteiger partial charge < -0.3 is 15.2 Å². The van der Waals surface area contributed by atoms with Crippen LogP contribution < -0.4 is 5.32 Å². The fraction of sp³-hybridized carbons (Fsp3) is 0.476. The first-order chi connectivity index (χ1) is 13.2. The van der Waals surface area contributed by atoms with Gasteiger partial charge in [-0.15, -0.1) is 0 Å². The largest absolute Gasteiger partial charge is 0.365 e. The number of hydrogen-bond donors (Lipinski definition) is 2. The molecular formula is C21H25N5O. The quantitative estimate of drug-likeness (QED) is 0.649. The molecule has 1 aliphatic heterocycles. The molecule has 0 spiro atoms. The highest BCUT2D eigenvalue weighted by Crippen LogP contribution is 2.24. The number of carbonyl (C=O) groups is 1. The van der Waals surface area contributed by atoms with E-state index in [2.05, 4.69) is 38.7 Å². The summed E-state index contributed by atoms with van der Waals surface area (Å²) in [6.45, 7) is 4.96. The second-order valence-electron chi connectivity index (χ2n) is 7.39. The van der Waals surface area contributed by atoms with Crippen LogP contribution in [0.15, 0.2) is 25.0 Å². The molecule has 3 heterocycles. The summed E-state index contributed by atoms with van der Waals surface area (Å²) in [6.07, 6.45) is 10.2. The number of anilines is 1. The molecule has 1 amide bonds. The standard InChI is InChI=1S/C21H25N5O/c1-2-19(27)26-11-10-17(13-26)25-21-18-12-16(24-20(18)22-14-23-21)9-8-15-6-4-3-5-7-15/h2,12,14-15,17H,1,3-7,10-11,13H2,(H2,22,23,24,25)/t17-/m1/s1. The first kappa shape index (κ1) is 17.6. The summed E-state index contributed by atoms with van der Waals surface area (Å²) in [4.78, 5) is 25.6. The maximum atomic E-state index is 11.8. The minimum Gasteiger partial charge on any atom is -0.365 e. The molecule has 2 aromatic heterocycles. The minimum atomic E-state index is -0.0194. The Morgan fingerprint density at radius 3 is 2.96 bits per heavy atom. The van der Waals surface area contributed by atoms with Gasteiger partial charge in [-0.3, -0.25) is 4.79 Å². The molecule has 140 valence electrons. The topological polar surface area (TPSA) is 73.9 Å². The fourth-order valence-electron chi connectivity index (χ4n) is 3.95. The minimum absolute atomic E-state index is 0.0194.